The van der Waals surface area contributed by atoms with Crippen molar-refractivity contribution in [3.05, 3.63) is 47.5 Å². The van der Waals surface area contributed by atoms with E-state index < -0.39 is 84.4 Å². The minimum Gasteiger partial charge on any atom is -0.461 e. The number of allylic oxidation sites excluding steroid dienone is 1. The number of cyclic esters (lactones) is 2. The predicted octanol–water partition coefficient (Wildman–Crippen LogP) is 3.71. The van der Waals surface area contributed by atoms with Crippen molar-refractivity contribution in [2.75, 3.05) is 20.6 Å². The Morgan fingerprint density at radius 1 is 0.821 bits per heavy atom. The van der Waals surface area contributed by atoms with Gasteiger partial charge in [0.15, 0.2) is 6.10 Å². The molecule has 312 valence electrons. The molecule has 14 nitrogen and oxygen atoms in total. The van der Waals surface area contributed by atoms with Crippen molar-refractivity contribution in [3.8, 4) is 0 Å². The van der Waals surface area contributed by atoms with Crippen molar-refractivity contribution >= 4 is 41.5 Å². The minimum absolute atomic E-state index is 0.0235. The molecule has 5 amide bonds. The average Bonchev–Trinajstić information content (AvgIpc) is 3.14. The van der Waals surface area contributed by atoms with Gasteiger partial charge in [0.2, 0.25) is 23.6 Å². The average molecular weight is 784 g/mol. The highest BCUT2D eigenvalue weighted by atomic mass is 16.6. The summed E-state index contributed by atoms with van der Waals surface area (Å²) in [5.74, 6) is -4.62. The predicted molar refractivity (Wildman–Crippen MR) is 213 cm³/mol. The Hall–Kier alpha value is -4.75. The molecule has 0 bridgehead atoms. The lowest BCUT2D eigenvalue weighted by atomic mass is 9.98. The zero-order valence-corrected chi connectivity index (χ0v) is 35.2. The lowest BCUT2D eigenvalue weighted by molar-refractivity contribution is -0.155. The van der Waals surface area contributed by atoms with E-state index in [0.717, 1.165) is 5.56 Å². The molecule has 1 aromatic rings. The van der Waals surface area contributed by atoms with Crippen LogP contribution in [-0.2, 0) is 49.5 Å². The van der Waals surface area contributed by atoms with Crippen molar-refractivity contribution in [2.24, 2.45) is 17.8 Å². The number of hydrogen-bond donors (Lipinski definition) is 3. The Morgan fingerprint density at radius 3 is 2.04 bits per heavy atom. The maximum absolute atomic E-state index is 14.1. The van der Waals surface area contributed by atoms with Crippen LogP contribution in [0.3, 0.4) is 0 Å². The van der Waals surface area contributed by atoms with Crippen molar-refractivity contribution in [2.45, 2.75) is 137 Å². The topological polar surface area (TPSA) is 181 Å². The van der Waals surface area contributed by atoms with E-state index in [1.807, 2.05) is 52.8 Å². The standard InChI is InChI=1S/C42H65N5O9/c1-12-27(6)36-38(50)44-30(9)42(54)55-33(26(4)5)21-17-16-18-28(7)41(53)56-34(22-25(2)3)37(49)43-29(8)39(51)47(11)32(23-31-19-14-13-15-20-31)40(52)46(10)24-35(48)45-36/h13-15,18-20,25-27,29-30,32-34,36H,12,16-17,21-24H2,1-11H3,(H,43,49)(H,44,50)(H,45,48)/b28-18+/t27-,29-,30+,32+,33-,34+,36-/m0/s1. The quantitative estimate of drug-likeness (QED) is 0.348. The molecule has 1 aromatic carbocycles. The van der Waals surface area contributed by atoms with Crippen LogP contribution in [-0.4, -0.2) is 108 Å². The fourth-order valence-electron chi connectivity index (χ4n) is 6.24. The van der Waals surface area contributed by atoms with Gasteiger partial charge in [-0.2, -0.15) is 0 Å². The first-order valence-electron chi connectivity index (χ1n) is 19.8. The van der Waals surface area contributed by atoms with E-state index in [1.54, 1.807) is 32.1 Å². The van der Waals surface area contributed by atoms with Gasteiger partial charge in [0.25, 0.3) is 5.91 Å². The van der Waals surface area contributed by atoms with E-state index in [-0.39, 0.29) is 30.6 Å². The molecule has 1 aliphatic heterocycles. The smallest absolute Gasteiger partial charge is 0.334 e. The molecule has 0 spiro atoms. The highest BCUT2D eigenvalue weighted by Crippen LogP contribution is 2.19. The van der Waals surface area contributed by atoms with Gasteiger partial charge in [0.05, 0.1) is 6.54 Å². The summed E-state index contributed by atoms with van der Waals surface area (Å²) in [6, 6.07) is 4.86. The SMILES string of the molecule is CC[C@H](C)[C@@H]1NC(=O)CN(C)C(=O)[C@@H](Cc2ccccc2)N(C)C(=O)[C@H](C)NC(=O)[C@@H](CC(C)C)OC(=O)/C(C)=C/CCC[C@@H](C(C)C)OC(=O)[C@@H](C)NC1=O. The van der Waals surface area contributed by atoms with Crippen LogP contribution in [0.25, 0.3) is 0 Å². The Morgan fingerprint density at radius 2 is 1.45 bits per heavy atom. The van der Waals surface area contributed by atoms with Gasteiger partial charge in [0, 0.05) is 26.1 Å². The second-order valence-corrected chi connectivity index (χ2v) is 15.8. The fourth-order valence-corrected chi connectivity index (χ4v) is 6.24. The number of carbonyl (C=O) groups is 7. The van der Waals surface area contributed by atoms with Gasteiger partial charge >= 0.3 is 11.9 Å². The third kappa shape index (κ3) is 14.7. The Bertz CT molecular complexity index is 1550. The molecule has 0 aromatic heterocycles. The number of ether oxygens (including phenoxy) is 2. The number of hydrogen-bond acceptors (Lipinski definition) is 9. The molecular formula is C42H65N5O9. The molecule has 0 unspecified atom stereocenters. The molecule has 14 heteroatoms. The fraction of sp³-hybridized carbons (Fsp3) is 0.643. The van der Waals surface area contributed by atoms with Crippen molar-refractivity contribution in [1.82, 2.24) is 25.8 Å². The van der Waals surface area contributed by atoms with E-state index in [9.17, 15) is 33.6 Å². The summed E-state index contributed by atoms with van der Waals surface area (Å²) in [6.07, 6.45) is 2.47. The van der Waals surface area contributed by atoms with Gasteiger partial charge < -0.3 is 35.2 Å². The van der Waals surface area contributed by atoms with Crippen molar-refractivity contribution in [1.29, 1.82) is 0 Å². The normalized spacial score (nSPS) is 26.8. The largest absolute Gasteiger partial charge is 0.461 e. The zero-order valence-electron chi connectivity index (χ0n) is 35.2. The number of benzene rings is 1. The molecule has 1 aliphatic rings. The van der Waals surface area contributed by atoms with E-state index in [2.05, 4.69) is 16.0 Å². The molecule has 0 fully saturated rings. The summed E-state index contributed by atoms with van der Waals surface area (Å²) in [7, 11) is 2.89. The number of carbonyl (C=O) groups excluding carboxylic acids is 7. The first kappa shape index (κ1) is 47.4. The molecule has 0 radical (unpaired) electrons. The molecule has 0 saturated carbocycles. The second kappa shape index (κ2) is 22.7. The second-order valence-electron chi connectivity index (χ2n) is 15.8. The number of likely N-dealkylation sites (N-methyl/N-ethyl adjacent to an activating group) is 2. The summed E-state index contributed by atoms with van der Waals surface area (Å²) in [6.45, 7) is 15.5. The van der Waals surface area contributed by atoms with Crippen LogP contribution in [0.15, 0.2) is 42.0 Å². The van der Waals surface area contributed by atoms with E-state index in [0.29, 0.717) is 31.3 Å². The zero-order chi connectivity index (χ0) is 42.3. The number of nitrogens with one attached hydrogen (secondary N) is 3. The summed E-state index contributed by atoms with van der Waals surface area (Å²) >= 11 is 0. The van der Waals surface area contributed by atoms with Crippen LogP contribution < -0.4 is 16.0 Å². The van der Waals surface area contributed by atoms with E-state index >= 15 is 0 Å². The van der Waals surface area contributed by atoms with Crippen molar-refractivity contribution < 1.29 is 43.0 Å². The lowest BCUT2D eigenvalue weighted by Gasteiger charge is -2.33. The minimum atomic E-state index is -1.18. The summed E-state index contributed by atoms with van der Waals surface area (Å²) < 4.78 is 11.5. The van der Waals surface area contributed by atoms with Gasteiger partial charge in [-0.05, 0) is 69.8 Å². The Labute approximate surface area is 332 Å². The van der Waals surface area contributed by atoms with Crippen molar-refractivity contribution in [3.63, 3.8) is 0 Å². The molecule has 3 N–H and O–H groups in total. The molecule has 1 heterocycles. The molecule has 0 aliphatic carbocycles. The van der Waals surface area contributed by atoms with Gasteiger partial charge in [-0.3, -0.25) is 24.0 Å². The van der Waals surface area contributed by atoms with E-state index in [4.69, 9.17) is 9.47 Å². The van der Waals surface area contributed by atoms with Gasteiger partial charge in [-0.1, -0.05) is 84.4 Å². The van der Waals surface area contributed by atoms with E-state index in [1.165, 1.54) is 37.7 Å². The third-order valence-electron chi connectivity index (χ3n) is 10.1. The van der Waals surface area contributed by atoms with Gasteiger partial charge in [0.1, 0.15) is 30.3 Å². The first-order chi connectivity index (χ1) is 26.3. The lowest BCUT2D eigenvalue weighted by Crippen LogP contribution is -2.57. The highest BCUT2D eigenvalue weighted by molar-refractivity contribution is 5.96. The maximum Gasteiger partial charge on any atom is 0.334 e. The molecule has 0 saturated heterocycles. The Balaban J connectivity index is 2.53. The van der Waals surface area contributed by atoms with Crippen LogP contribution in [0, 0.1) is 17.8 Å². The molecule has 7 atom stereocenters. The third-order valence-corrected chi connectivity index (χ3v) is 10.1. The van der Waals surface area contributed by atoms with Gasteiger partial charge in [-0.15, -0.1) is 0 Å². The maximum atomic E-state index is 14.1. The van der Waals surface area contributed by atoms with Crippen LogP contribution in [0.4, 0.5) is 0 Å². The summed E-state index contributed by atoms with van der Waals surface area (Å²) in [5, 5.41) is 8.12. The van der Waals surface area contributed by atoms with Crippen LogP contribution in [0.5, 0.6) is 0 Å². The number of nitrogens with zero attached hydrogens (tertiary/aromatic N) is 2. The van der Waals surface area contributed by atoms with Gasteiger partial charge in [-0.25, -0.2) is 9.59 Å². The number of amides is 5. The molecule has 56 heavy (non-hydrogen) atoms. The summed E-state index contributed by atoms with van der Waals surface area (Å²) in [5.41, 5.74) is 1.06. The first-order valence-corrected chi connectivity index (χ1v) is 19.8. The Kier molecular flexibility index (Phi) is 19.2. The van der Waals surface area contributed by atoms with Crippen LogP contribution in [0.1, 0.15) is 100.0 Å². The molecule has 2 rings (SSSR count). The summed E-state index contributed by atoms with van der Waals surface area (Å²) in [4.78, 5) is 97.3. The molecular weight excluding hydrogens is 718 g/mol. The van der Waals surface area contributed by atoms with Crippen LogP contribution >= 0.6 is 0 Å². The highest BCUT2D eigenvalue weighted by Gasteiger charge is 2.36. The number of esters is 2. The number of rotatable bonds is 7. The monoisotopic (exact) mass is 783 g/mol. The van der Waals surface area contributed by atoms with Crippen LogP contribution in [0.2, 0.25) is 0 Å².